The van der Waals surface area contributed by atoms with Crippen LogP contribution in [0.2, 0.25) is 10.0 Å². The zero-order valence-electron chi connectivity index (χ0n) is 15.7. The molecule has 0 N–H and O–H groups in total. The molecule has 0 unspecified atom stereocenters. The Morgan fingerprint density at radius 2 is 1.70 bits per heavy atom. The van der Waals surface area contributed by atoms with Crippen molar-refractivity contribution >= 4 is 44.9 Å². The van der Waals surface area contributed by atoms with Crippen molar-refractivity contribution in [3.63, 3.8) is 0 Å². The Morgan fingerprint density at radius 1 is 1.00 bits per heavy atom. The third-order valence-corrected chi connectivity index (χ3v) is 6.81. The number of nitrogens with zero attached hydrogens (tertiary/aromatic N) is 1. The van der Waals surface area contributed by atoms with Crippen LogP contribution in [0.5, 0.6) is 0 Å². The number of para-hydroxylation sites is 1. The lowest BCUT2D eigenvalue weighted by Crippen LogP contribution is -2.26. The number of sulfonamides is 1. The van der Waals surface area contributed by atoms with E-state index < -0.39 is 28.4 Å². The number of hydrogen-bond acceptors (Lipinski definition) is 4. The molecule has 0 fully saturated rings. The number of benzene rings is 3. The molecule has 0 spiro atoms. The highest BCUT2D eigenvalue weighted by molar-refractivity contribution is 7.92. The van der Waals surface area contributed by atoms with Gasteiger partial charge in [0.15, 0.2) is 0 Å². The molecule has 0 heterocycles. The van der Waals surface area contributed by atoms with Gasteiger partial charge in [0.2, 0.25) is 0 Å². The topological polar surface area (TPSA) is 63.7 Å². The molecule has 156 valence electrons. The summed E-state index contributed by atoms with van der Waals surface area (Å²) in [6.45, 7) is -0.429. The van der Waals surface area contributed by atoms with Gasteiger partial charge in [-0.2, -0.15) is 0 Å². The minimum atomic E-state index is -3.96. The predicted octanol–water partition coefficient (Wildman–Crippen LogP) is 5.31. The summed E-state index contributed by atoms with van der Waals surface area (Å²) in [5.74, 6) is -1.53. The van der Waals surface area contributed by atoms with Crippen molar-refractivity contribution in [1.29, 1.82) is 0 Å². The second-order valence-corrected chi connectivity index (χ2v) is 9.01. The normalized spacial score (nSPS) is 11.2. The number of esters is 1. The SMILES string of the molecule is CN(c1ccccc1)S(=O)(=O)c1ccc(Cl)c(C(=O)OCc2c(F)cccc2Cl)c1. The molecule has 0 amide bonds. The van der Waals surface area contributed by atoms with Crippen molar-refractivity contribution in [2.45, 2.75) is 11.5 Å². The molecule has 30 heavy (non-hydrogen) atoms. The van der Waals surface area contributed by atoms with Gasteiger partial charge < -0.3 is 4.74 Å². The summed E-state index contributed by atoms with van der Waals surface area (Å²) in [4.78, 5) is 12.4. The fraction of sp³-hybridized carbons (Fsp3) is 0.0952. The number of carbonyl (C=O) groups excluding carboxylic acids is 1. The first kappa shape index (κ1) is 22.1. The monoisotopic (exact) mass is 467 g/mol. The minimum Gasteiger partial charge on any atom is -0.457 e. The number of halogens is 3. The van der Waals surface area contributed by atoms with Crippen LogP contribution in [-0.4, -0.2) is 21.4 Å². The molecule has 0 aromatic heterocycles. The number of rotatable bonds is 6. The van der Waals surface area contributed by atoms with Crippen LogP contribution in [-0.2, 0) is 21.4 Å². The van der Waals surface area contributed by atoms with E-state index in [0.717, 1.165) is 10.4 Å². The number of carbonyl (C=O) groups is 1. The Bertz CT molecular complexity index is 1170. The van der Waals surface area contributed by atoms with E-state index in [1.807, 2.05) is 0 Å². The van der Waals surface area contributed by atoms with Crippen LogP contribution in [0.3, 0.4) is 0 Å². The summed E-state index contributed by atoms with van der Waals surface area (Å²) in [5, 5.41) is 0.107. The van der Waals surface area contributed by atoms with Crippen LogP contribution in [0.25, 0.3) is 0 Å². The molecule has 3 aromatic rings. The Kier molecular flexibility index (Phi) is 6.65. The molecule has 9 heteroatoms. The first-order valence-corrected chi connectivity index (χ1v) is 10.8. The van der Waals surface area contributed by atoms with E-state index in [0.29, 0.717) is 5.69 Å². The summed E-state index contributed by atoms with van der Waals surface area (Å²) < 4.78 is 46.0. The molecule has 3 rings (SSSR count). The lowest BCUT2D eigenvalue weighted by atomic mass is 10.2. The van der Waals surface area contributed by atoms with Crippen LogP contribution in [0.4, 0.5) is 10.1 Å². The maximum Gasteiger partial charge on any atom is 0.340 e. The van der Waals surface area contributed by atoms with Crippen LogP contribution in [0.15, 0.2) is 71.6 Å². The second-order valence-electron chi connectivity index (χ2n) is 6.23. The first-order chi connectivity index (χ1) is 14.2. The van der Waals surface area contributed by atoms with E-state index in [1.54, 1.807) is 30.3 Å². The largest absolute Gasteiger partial charge is 0.457 e. The van der Waals surface area contributed by atoms with E-state index in [-0.39, 0.29) is 26.1 Å². The van der Waals surface area contributed by atoms with Gasteiger partial charge in [-0.1, -0.05) is 47.5 Å². The maximum absolute atomic E-state index is 13.9. The molecular formula is C21H16Cl2FNO4S. The molecule has 3 aromatic carbocycles. The highest BCUT2D eigenvalue weighted by Gasteiger charge is 2.24. The number of anilines is 1. The van der Waals surface area contributed by atoms with Gasteiger partial charge in [0.25, 0.3) is 10.0 Å². The molecule has 0 radical (unpaired) electrons. The van der Waals surface area contributed by atoms with Gasteiger partial charge in [-0.25, -0.2) is 17.6 Å². The molecule has 0 aliphatic heterocycles. The second kappa shape index (κ2) is 9.04. The third kappa shape index (κ3) is 4.59. The van der Waals surface area contributed by atoms with Gasteiger partial charge in [-0.15, -0.1) is 0 Å². The van der Waals surface area contributed by atoms with Gasteiger partial charge in [0.1, 0.15) is 12.4 Å². The molecule has 0 atom stereocenters. The van der Waals surface area contributed by atoms with Gasteiger partial charge in [0.05, 0.1) is 26.2 Å². The van der Waals surface area contributed by atoms with Crippen LogP contribution < -0.4 is 4.31 Å². The van der Waals surface area contributed by atoms with E-state index in [4.69, 9.17) is 27.9 Å². The number of ether oxygens (including phenoxy) is 1. The lowest BCUT2D eigenvalue weighted by molar-refractivity contribution is 0.0469. The van der Waals surface area contributed by atoms with Crippen molar-refractivity contribution in [1.82, 2.24) is 0 Å². The standard InChI is InChI=1S/C21H16Cl2FNO4S/c1-25(14-6-3-2-4-7-14)30(27,28)15-10-11-19(23)16(12-15)21(26)29-13-17-18(22)8-5-9-20(17)24/h2-12H,13H2,1H3. The van der Waals surface area contributed by atoms with E-state index in [2.05, 4.69) is 0 Å². The fourth-order valence-corrected chi connectivity index (χ4v) is 4.28. The van der Waals surface area contributed by atoms with Crippen molar-refractivity contribution < 1.29 is 22.3 Å². The summed E-state index contributed by atoms with van der Waals surface area (Å²) in [6.07, 6.45) is 0. The zero-order valence-corrected chi connectivity index (χ0v) is 18.0. The molecular weight excluding hydrogens is 452 g/mol. The summed E-state index contributed by atoms with van der Waals surface area (Å²) in [5.41, 5.74) is 0.300. The molecule has 0 bridgehead atoms. The van der Waals surface area contributed by atoms with Crippen molar-refractivity contribution in [3.8, 4) is 0 Å². The Labute approximate surface area is 183 Å². The van der Waals surface area contributed by atoms with Gasteiger partial charge in [0, 0.05) is 12.6 Å². The van der Waals surface area contributed by atoms with E-state index in [1.165, 1.54) is 37.4 Å². The van der Waals surface area contributed by atoms with E-state index in [9.17, 15) is 17.6 Å². The third-order valence-electron chi connectivity index (χ3n) is 4.35. The average molecular weight is 468 g/mol. The number of hydrogen-bond donors (Lipinski definition) is 0. The van der Waals surface area contributed by atoms with Crippen LogP contribution in [0.1, 0.15) is 15.9 Å². The van der Waals surface area contributed by atoms with Crippen LogP contribution in [0, 0.1) is 5.82 Å². The molecule has 0 saturated heterocycles. The summed E-state index contributed by atoms with van der Waals surface area (Å²) in [6, 6.07) is 16.3. The molecule has 5 nitrogen and oxygen atoms in total. The highest BCUT2D eigenvalue weighted by atomic mass is 35.5. The Hall–Kier alpha value is -2.61. The van der Waals surface area contributed by atoms with Gasteiger partial charge >= 0.3 is 5.97 Å². The molecule has 0 aliphatic carbocycles. The minimum absolute atomic E-state index is 0.000875. The maximum atomic E-state index is 13.9. The summed E-state index contributed by atoms with van der Waals surface area (Å²) >= 11 is 12.0. The van der Waals surface area contributed by atoms with Crippen molar-refractivity contribution in [2.75, 3.05) is 11.4 Å². The predicted molar refractivity (Wildman–Crippen MR) is 114 cm³/mol. The fourth-order valence-electron chi connectivity index (χ4n) is 2.64. The van der Waals surface area contributed by atoms with E-state index >= 15 is 0 Å². The van der Waals surface area contributed by atoms with Gasteiger partial charge in [-0.05, 0) is 42.5 Å². The Balaban J connectivity index is 1.87. The first-order valence-electron chi connectivity index (χ1n) is 8.65. The smallest absolute Gasteiger partial charge is 0.340 e. The average Bonchev–Trinajstić information content (AvgIpc) is 2.73. The quantitative estimate of drug-likeness (QED) is 0.460. The zero-order chi connectivity index (χ0) is 21.9. The van der Waals surface area contributed by atoms with Crippen molar-refractivity contribution in [3.05, 3.63) is 93.7 Å². The summed E-state index contributed by atoms with van der Waals surface area (Å²) in [7, 11) is -2.56. The Morgan fingerprint density at radius 3 is 2.37 bits per heavy atom. The van der Waals surface area contributed by atoms with Crippen molar-refractivity contribution in [2.24, 2.45) is 0 Å². The highest BCUT2D eigenvalue weighted by Crippen LogP contribution is 2.27. The van der Waals surface area contributed by atoms with Gasteiger partial charge in [-0.3, -0.25) is 4.31 Å². The van der Waals surface area contributed by atoms with Crippen LogP contribution >= 0.6 is 23.2 Å². The lowest BCUT2D eigenvalue weighted by Gasteiger charge is -2.20. The molecule has 0 aliphatic rings. The molecule has 0 saturated carbocycles.